The van der Waals surface area contributed by atoms with Gasteiger partial charge in [-0.2, -0.15) is 0 Å². The van der Waals surface area contributed by atoms with Crippen molar-refractivity contribution < 1.29 is 13.2 Å². The number of amides is 1. The van der Waals surface area contributed by atoms with Crippen LogP contribution in [0.1, 0.15) is 24.0 Å². The zero-order chi connectivity index (χ0) is 20.3. The minimum absolute atomic E-state index is 0.154. The lowest BCUT2D eigenvalue weighted by molar-refractivity contribution is -0.128. The molecule has 1 amide bonds. The molecule has 0 bridgehead atoms. The summed E-state index contributed by atoms with van der Waals surface area (Å²) < 4.78 is 28.4. The van der Waals surface area contributed by atoms with E-state index in [1.807, 2.05) is 47.4 Å². The highest BCUT2D eigenvalue weighted by atomic mass is 32.2. The summed E-state index contributed by atoms with van der Waals surface area (Å²) in [6.45, 7) is 1.44. The van der Waals surface area contributed by atoms with E-state index in [-0.39, 0.29) is 17.3 Å². The predicted octanol–water partition coefficient (Wildman–Crippen LogP) is 3.28. The van der Waals surface area contributed by atoms with E-state index in [9.17, 15) is 13.2 Å². The highest BCUT2D eigenvalue weighted by Crippen LogP contribution is 2.22. The van der Waals surface area contributed by atoms with Crippen molar-refractivity contribution in [3.63, 3.8) is 0 Å². The number of hydrogen-bond acceptors (Lipinski definition) is 3. The number of benzene rings is 2. The predicted molar refractivity (Wildman–Crippen MR) is 111 cm³/mol. The molecule has 0 unspecified atom stereocenters. The van der Waals surface area contributed by atoms with Crippen molar-refractivity contribution in [2.75, 3.05) is 6.54 Å². The second-order valence-corrected chi connectivity index (χ2v) is 8.89. The summed E-state index contributed by atoms with van der Waals surface area (Å²) in [7, 11) is -3.67. The Morgan fingerprint density at radius 2 is 1.83 bits per heavy atom. The average Bonchev–Trinajstić information content (AvgIpc) is 3.40. The summed E-state index contributed by atoms with van der Waals surface area (Å²) in [6, 6.07) is 18.2. The summed E-state index contributed by atoms with van der Waals surface area (Å²) in [4.78, 5) is 17.1. The quantitative estimate of drug-likeness (QED) is 0.628. The monoisotopic (exact) mass is 409 g/mol. The van der Waals surface area contributed by atoms with Crippen molar-refractivity contribution in [3.8, 4) is 11.3 Å². The zero-order valence-corrected chi connectivity index (χ0v) is 16.8. The lowest BCUT2D eigenvalue weighted by Gasteiger charge is -2.18. The van der Waals surface area contributed by atoms with Gasteiger partial charge in [0.05, 0.1) is 4.90 Å². The first-order valence-corrected chi connectivity index (χ1v) is 11.1. The van der Waals surface area contributed by atoms with Crippen LogP contribution in [0.5, 0.6) is 0 Å². The van der Waals surface area contributed by atoms with Gasteiger partial charge in [-0.1, -0.05) is 36.4 Å². The standard InChI is InChI=1S/C22H23N3O3S/c26-22-11-5-13-25(22)16-19-7-2-1-6-18(19)15-24-29(27,28)20-9-3-8-17(14-20)21-10-4-12-23-21/h1-4,6-10,12,14,23-24H,5,11,13,15-16H2. The first-order chi connectivity index (χ1) is 14.0. The van der Waals surface area contributed by atoms with E-state index in [0.29, 0.717) is 13.0 Å². The highest BCUT2D eigenvalue weighted by molar-refractivity contribution is 7.89. The summed E-state index contributed by atoms with van der Waals surface area (Å²) >= 11 is 0. The van der Waals surface area contributed by atoms with Gasteiger partial charge in [-0.15, -0.1) is 0 Å². The Hall–Kier alpha value is -2.90. The zero-order valence-electron chi connectivity index (χ0n) is 16.0. The van der Waals surface area contributed by atoms with Crippen LogP contribution in [0, 0.1) is 0 Å². The van der Waals surface area contributed by atoms with E-state index in [4.69, 9.17) is 0 Å². The van der Waals surface area contributed by atoms with Gasteiger partial charge in [0.1, 0.15) is 0 Å². The maximum Gasteiger partial charge on any atom is 0.240 e. The Labute approximate surface area is 170 Å². The van der Waals surface area contributed by atoms with E-state index < -0.39 is 10.0 Å². The molecule has 1 saturated heterocycles. The van der Waals surface area contributed by atoms with Gasteiger partial charge in [0.25, 0.3) is 0 Å². The number of carbonyl (C=O) groups excluding carboxylic acids is 1. The molecular weight excluding hydrogens is 386 g/mol. The molecule has 1 aliphatic heterocycles. The van der Waals surface area contributed by atoms with Crippen LogP contribution in [-0.2, 0) is 27.9 Å². The van der Waals surface area contributed by atoms with Crippen molar-refractivity contribution in [1.82, 2.24) is 14.6 Å². The third-order valence-electron chi connectivity index (χ3n) is 5.16. The molecule has 0 radical (unpaired) electrons. The van der Waals surface area contributed by atoms with Crippen LogP contribution in [0.2, 0.25) is 0 Å². The fourth-order valence-corrected chi connectivity index (χ4v) is 4.61. The molecule has 1 fully saturated rings. The molecular formula is C22H23N3O3S. The van der Waals surface area contributed by atoms with E-state index in [1.54, 1.807) is 24.4 Å². The number of likely N-dealkylation sites (tertiary alicyclic amines) is 1. The third kappa shape index (κ3) is 4.41. The summed E-state index contributed by atoms with van der Waals surface area (Å²) in [5.41, 5.74) is 3.51. The molecule has 3 aromatic rings. The lowest BCUT2D eigenvalue weighted by Crippen LogP contribution is -2.27. The minimum atomic E-state index is -3.67. The van der Waals surface area contributed by atoms with Crippen LogP contribution in [0.4, 0.5) is 0 Å². The Morgan fingerprint density at radius 3 is 2.55 bits per heavy atom. The number of aromatic nitrogens is 1. The van der Waals surface area contributed by atoms with Crippen molar-refractivity contribution in [1.29, 1.82) is 0 Å². The first-order valence-electron chi connectivity index (χ1n) is 9.61. The number of rotatable bonds is 7. The van der Waals surface area contributed by atoms with E-state index in [0.717, 1.165) is 35.3 Å². The molecule has 1 aromatic heterocycles. The largest absolute Gasteiger partial charge is 0.361 e. The molecule has 0 aliphatic carbocycles. The van der Waals surface area contributed by atoms with Crippen LogP contribution in [0.25, 0.3) is 11.3 Å². The molecule has 2 aromatic carbocycles. The Balaban J connectivity index is 1.50. The maximum atomic E-state index is 12.8. The molecule has 29 heavy (non-hydrogen) atoms. The van der Waals surface area contributed by atoms with Crippen LogP contribution >= 0.6 is 0 Å². The van der Waals surface area contributed by atoms with Gasteiger partial charge >= 0.3 is 0 Å². The van der Waals surface area contributed by atoms with Gasteiger partial charge < -0.3 is 9.88 Å². The summed E-state index contributed by atoms with van der Waals surface area (Å²) in [5.74, 6) is 0.154. The molecule has 150 valence electrons. The second-order valence-electron chi connectivity index (χ2n) is 7.12. The van der Waals surface area contributed by atoms with E-state index in [1.165, 1.54) is 0 Å². The fraction of sp³-hybridized carbons (Fsp3) is 0.227. The summed E-state index contributed by atoms with van der Waals surface area (Å²) in [6.07, 6.45) is 3.27. The van der Waals surface area contributed by atoms with Gasteiger partial charge in [-0.05, 0) is 47.4 Å². The molecule has 4 rings (SSSR count). The number of aromatic amines is 1. The van der Waals surface area contributed by atoms with Gasteiger partial charge in [-0.3, -0.25) is 4.79 Å². The van der Waals surface area contributed by atoms with Crippen LogP contribution < -0.4 is 4.72 Å². The topological polar surface area (TPSA) is 82.3 Å². The van der Waals surface area contributed by atoms with Crippen molar-refractivity contribution in [2.45, 2.75) is 30.8 Å². The number of nitrogens with one attached hydrogen (secondary N) is 2. The molecule has 6 nitrogen and oxygen atoms in total. The van der Waals surface area contributed by atoms with Crippen LogP contribution in [0.15, 0.2) is 71.8 Å². The Morgan fingerprint density at radius 1 is 1.00 bits per heavy atom. The normalized spacial score (nSPS) is 14.5. The third-order valence-corrected chi connectivity index (χ3v) is 6.56. The minimum Gasteiger partial charge on any atom is -0.361 e. The van der Waals surface area contributed by atoms with E-state index >= 15 is 0 Å². The van der Waals surface area contributed by atoms with Crippen LogP contribution in [0.3, 0.4) is 0 Å². The molecule has 0 spiro atoms. The van der Waals surface area contributed by atoms with Gasteiger partial charge in [0, 0.05) is 37.9 Å². The number of nitrogens with zero attached hydrogens (tertiary/aromatic N) is 1. The second kappa shape index (κ2) is 8.23. The Kier molecular flexibility index (Phi) is 5.51. The van der Waals surface area contributed by atoms with E-state index in [2.05, 4.69) is 9.71 Å². The average molecular weight is 410 g/mol. The first kappa shape index (κ1) is 19.4. The fourth-order valence-electron chi connectivity index (χ4n) is 3.56. The maximum absolute atomic E-state index is 12.8. The van der Waals surface area contributed by atoms with Gasteiger partial charge in [0.15, 0.2) is 0 Å². The highest BCUT2D eigenvalue weighted by Gasteiger charge is 2.21. The summed E-state index contributed by atoms with van der Waals surface area (Å²) in [5, 5.41) is 0. The molecule has 0 saturated carbocycles. The van der Waals surface area contributed by atoms with Gasteiger partial charge in [0.2, 0.25) is 15.9 Å². The number of carbonyl (C=O) groups is 1. The van der Waals surface area contributed by atoms with Crippen LogP contribution in [-0.4, -0.2) is 30.8 Å². The smallest absolute Gasteiger partial charge is 0.240 e. The molecule has 2 N–H and O–H groups in total. The number of H-pyrrole nitrogens is 1. The number of sulfonamides is 1. The van der Waals surface area contributed by atoms with Gasteiger partial charge in [-0.25, -0.2) is 13.1 Å². The Bertz CT molecular complexity index is 1110. The number of hydrogen-bond donors (Lipinski definition) is 2. The van der Waals surface area contributed by atoms with Crippen molar-refractivity contribution in [3.05, 3.63) is 78.0 Å². The van der Waals surface area contributed by atoms with Crippen molar-refractivity contribution >= 4 is 15.9 Å². The molecule has 1 aliphatic rings. The lowest BCUT2D eigenvalue weighted by atomic mass is 10.1. The molecule has 2 heterocycles. The van der Waals surface area contributed by atoms with Crippen molar-refractivity contribution in [2.24, 2.45) is 0 Å². The SMILES string of the molecule is O=C1CCCN1Cc1ccccc1CNS(=O)(=O)c1cccc(-c2ccc[nH]2)c1. The molecule has 0 atom stereocenters. The molecule has 7 heteroatoms.